The highest BCUT2D eigenvalue weighted by Gasteiger charge is 2.45. The third kappa shape index (κ3) is 2.54. The molecule has 1 unspecified atom stereocenters. The number of aliphatic imine (C=N–C) groups is 1. The zero-order valence-electron chi connectivity index (χ0n) is 11.9. The van der Waals surface area contributed by atoms with Crippen LogP contribution < -0.4 is 10.6 Å². The average Bonchev–Trinajstić information content (AvgIpc) is 2.72. The Morgan fingerprint density at radius 3 is 2.80 bits per heavy atom. The molecule has 6 heteroatoms. The fraction of sp³-hybridized carbons (Fsp3) is 0.500. The summed E-state index contributed by atoms with van der Waals surface area (Å²) in [4.78, 5) is 6.49. The number of benzene rings is 1. The lowest BCUT2D eigenvalue weighted by atomic mass is 9.85. The molecule has 2 N–H and O–H groups in total. The number of anilines is 1. The Kier molecular flexibility index (Phi) is 4.62. The number of halogens is 2. The van der Waals surface area contributed by atoms with E-state index in [1.165, 1.54) is 0 Å². The maximum absolute atomic E-state index is 6.11. The van der Waals surface area contributed by atoms with Gasteiger partial charge in [-0.15, -0.1) is 0 Å². The van der Waals surface area contributed by atoms with E-state index in [0.29, 0.717) is 30.1 Å². The van der Waals surface area contributed by atoms with Crippen LogP contribution in [0.25, 0.3) is 0 Å². The molecule has 0 saturated carbocycles. The number of hydrogen-bond acceptors (Lipinski definition) is 4. The molecule has 0 fully saturated rings. The molecular formula is C14H19BrClN3O. The summed E-state index contributed by atoms with van der Waals surface area (Å²) in [6, 6.07) is 5.76. The normalized spacial score (nSPS) is 22.5. The van der Waals surface area contributed by atoms with Crippen LogP contribution in [0.4, 0.5) is 5.69 Å². The van der Waals surface area contributed by atoms with Gasteiger partial charge in [0.25, 0.3) is 0 Å². The molecule has 1 aromatic carbocycles. The second-order valence-corrected chi connectivity index (χ2v) is 6.56. The number of nitrogens with zero attached hydrogens (tertiary/aromatic N) is 2. The summed E-state index contributed by atoms with van der Waals surface area (Å²) in [7, 11) is 1.70. The maximum atomic E-state index is 6.11. The van der Waals surface area contributed by atoms with Gasteiger partial charge in [-0.1, -0.05) is 25.4 Å². The first-order chi connectivity index (χ1) is 9.42. The molecule has 1 aliphatic rings. The van der Waals surface area contributed by atoms with Gasteiger partial charge in [0, 0.05) is 17.3 Å². The van der Waals surface area contributed by atoms with Crippen molar-refractivity contribution in [2.45, 2.75) is 19.4 Å². The molecular weight excluding hydrogens is 342 g/mol. The minimum Gasteiger partial charge on any atom is -0.382 e. The summed E-state index contributed by atoms with van der Waals surface area (Å²) < 4.78 is 6.28. The fourth-order valence-corrected chi connectivity index (χ4v) is 3.05. The predicted molar refractivity (Wildman–Crippen MR) is 87.6 cm³/mol. The number of ether oxygens (including phenoxy) is 1. The Hall–Kier alpha value is -0.780. The third-order valence-corrected chi connectivity index (χ3v) is 5.03. The molecule has 0 bridgehead atoms. The van der Waals surface area contributed by atoms with E-state index in [1.807, 2.05) is 18.2 Å². The Labute approximate surface area is 133 Å². The Morgan fingerprint density at radius 1 is 1.55 bits per heavy atom. The first kappa shape index (κ1) is 15.6. The first-order valence-electron chi connectivity index (χ1n) is 6.46. The van der Waals surface area contributed by atoms with Gasteiger partial charge in [-0.05, 0) is 40.0 Å². The molecule has 0 radical (unpaired) electrons. The van der Waals surface area contributed by atoms with Crippen molar-refractivity contribution in [3.05, 3.63) is 27.7 Å². The molecule has 4 nitrogen and oxygen atoms in total. The minimum absolute atomic E-state index is 0.258. The van der Waals surface area contributed by atoms with E-state index >= 15 is 0 Å². The lowest BCUT2D eigenvalue weighted by Gasteiger charge is -2.42. The quantitative estimate of drug-likeness (QED) is 0.896. The van der Waals surface area contributed by atoms with Gasteiger partial charge in [-0.25, -0.2) is 0 Å². The van der Waals surface area contributed by atoms with Crippen LogP contribution in [0.5, 0.6) is 0 Å². The number of nitrogens with two attached hydrogens (primary N) is 1. The third-order valence-electron chi connectivity index (χ3n) is 3.82. The van der Waals surface area contributed by atoms with Crippen LogP contribution in [0.1, 0.15) is 13.8 Å². The van der Waals surface area contributed by atoms with Crippen LogP contribution in [0.3, 0.4) is 0 Å². The van der Waals surface area contributed by atoms with E-state index in [1.54, 1.807) is 7.11 Å². The summed E-state index contributed by atoms with van der Waals surface area (Å²) >= 11 is 9.52. The highest BCUT2D eigenvalue weighted by Crippen LogP contribution is 2.37. The van der Waals surface area contributed by atoms with Crippen molar-refractivity contribution >= 4 is 39.2 Å². The van der Waals surface area contributed by atoms with Crippen molar-refractivity contribution in [3.8, 4) is 0 Å². The van der Waals surface area contributed by atoms with Crippen LogP contribution in [0.2, 0.25) is 5.02 Å². The summed E-state index contributed by atoms with van der Waals surface area (Å²) in [6.45, 7) is 5.51. The van der Waals surface area contributed by atoms with Crippen molar-refractivity contribution in [2.75, 3.05) is 25.2 Å². The van der Waals surface area contributed by atoms with E-state index in [9.17, 15) is 0 Å². The highest BCUT2D eigenvalue weighted by molar-refractivity contribution is 9.10. The monoisotopic (exact) mass is 359 g/mol. The van der Waals surface area contributed by atoms with E-state index in [2.05, 4.69) is 39.7 Å². The van der Waals surface area contributed by atoms with Gasteiger partial charge in [0.15, 0.2) is 5.96 Å². The summed E-state index contributed by atoms with van der Waals surface area (Å²) in [5, 5.41) is 0.672. The van der Waals surface area contributed by atoms with Gasteiger partial charge in [0.05, 0.1) is 23.7 Å². The fourth-order valence-electron chi connectivity index (χ4n) is 2.57. The van der Waals surface area contributed by atoms with Gasteiger partial charge in [-0.3, -0.25) is 4.99 Å². The van der Waals surface area contributed by atoms with Gasteiger partial charge in [0.1, 0.15) is 0 Å². The SMILES string of the molecule is COCC1(C(C)C)CN=C(N)N1c1ccc(Cl)c(Br)c1. The van der Waals surface area contributed by atoms with Gasteiger partial charge in [0.2, 0.25) is 0 Å². The zero-order valence-corrected chi connectivity index (χ0v) is 14.2. The number of rotatable bonds is 4. The smallest absolute Gasteiger partial charge is 0.196 e. The predicted octanol–water partition coefficient (Wildman–Crippen LogP) is 3.28. The standard InChI is InChI=1S/C14H19BrClN3O/c1-9(2)14(8-20-3)7-18-13(17)19(14)10-4-5-12(16)11(15)6-10/h4-6,9H,7-8H2,1-3H3,(H2,17,18). The van der Waals surface area contributed by atoms with Crippen LogP contribution >= 0.6 is 27.5 Å². The topological polar surface area (TPSA) is 50.9 Å². The van der Waals surface area contributed by atoms with Crippen molar-refractivity contribution in [3.63, 3.8) is 0 Å². The van der Waals surface area contributed by atoms with Crippen molar-refractivity contribution in [1.29, 1.82) is 0 Å². The number of hydrogen-bond donors (Lipinski definition) is 1. The molecule has 0 aromatic heterocycles. The van der Waals surface area contributed by atoms with Gasteiger partial charge < -0.3 is 15.4 Å². The lowest BCUT2D eigenvalue weighted by Crippen LogP contribution is -2.58. The summed E-state index contributed by atoms with van der Waals surface area (Å²) in [5.41, 5.74) is 6.82. The van der Waals surface area contributed by atoms with Crippen LogP contribution in [-0.2, 0) is 4.74 Å². The van der Waals surface area contributed by atoms with E-state index < -0.39 is 0 Å². The lowest BCUT2D eigenvalue weighted by molar-refractivity contribution is 0.115. The second kappa shape index (κ2) is 5.92. The molecule has 0 saturated heterocycles. The van der Waals surface area contributed by atoms with E-state index in [-0.39, 0.29) is 5.54 Å². The molecule has 0 amide bonds. The molecule has 1 aromatic rings. The first-order valence-corrected chi connectivity index (χ1v) is 7.63. The molecule has 1 heterocycles. The summed E-state index contributed by atoms with van der Waals surface area (Å²) in [5.74, 6) is 0.853. The van der Waals surface area contributed by atoms with Crippen LogP contribution in [0, 0.1) is 5.92 Å². The van der Waals surface area contributed by atoms with Crippen molar-refractivity contribution in [1.82, 2.24) is 0 Å². The van der Waals surface area contributed by atoms with Crippen LogP contribution in [-0.4, -0.2) is 31.8 Å². The van der Waals surface area contributed by atoms with Crippen molar-refractivity contribution in [2.24, 2.45) is 16.6 Å². The average molecular weight is 361 g/mol. The molecule has 1 atom stereocenters. The molecule has 0 aliphatic carbocycles. The largest absolute Gasteiger partial charge is 0.382 e. The Balaban J connectivity index is 2.48. The summed E-state index contributed by atoms with van der Waals surface area (Å²) in [6.07, 6.45) is 0. The molecule has 2 rings (SSSR count). The highest BCUT2D eigenvalue weighted by atomic mass is 79.9. The second-order valence-electron chi connectivity index (χ2n) is 5.30. The maximum Gasteiger partial charge on any atom is 0.196 e. The van der Waals surface area contributed by atoms with Crippen molar-refractivity contribution < 1.29 is 4.74 Å². The van der Waals surface area contributed by atoms with Crippen LogP contribution in [0.15, 0.2) is 27.7 Å². The van der Waals surface area contributed by atoms with Gasteiger partial charge >= 0.3 is 0 Å². The Morgan fingerprint density at radius 2 is 2.25 bits per heavy atom. The Bertz CT molecular complexity index is 535. The van der Waals surface area contributed by atoms with E-state index in [0.717, 1.165) is 10.2 Å². The minimum atomic E-state index is -0.258. The van der Waals surface area contributed by atoms with E-state index in [4.69, 9.17) is 22.1 Å². The van der Waals surface area contributed by atoms with Gasteiger partial charge in [-0.2, -0.15) is 0 Å². The molecule has 0 spiro atoms. The molecule has 1 aliphatic heterocycles. The zero-order chi connectivity index (χ0) is 14.9. The number of methoxy groups -OCH3 is 1. The number of guanidine groups is 1. The molecule has 110 valence electrons. The molecule has 20 heavy (non-hydrogen) atoms.